The number of benzene rings is 1. The Balaban J connectivity index is 1.83. The maximum absolute atomic E-state index is 12.8. The van der Waals surface area contributed by atoms with Gasteiger partial charge in [0.15, 0.2) is 0 Å². The van der Waals surface area contributed by atoms with Gasteiger partial charge in [0, 0.05) is 25.2 Å². The van der Waals surface area contributed by atoms with E-state index in [0.717, 1.165) is 35.9 Å². The molecule has 2 saturated heterocycles. The quantitative estimate of drug-likeness (QED) is 0.654. The zero-order chi connectivity index (χ0) is 21.0. The molecule has 2 heterocycles. The van der Waals surface area contributed by atoms with Crippen molar-refractivity contribution in [2.45, 2.75) is 19.3 Å². The van der Waals surface area contributed by atoms with Gasteiger partial charge in [-0.3, -0.25) is 19.3 Å². The molecule has 9 heteroatoms. The van der Waals surface area contributed by atoms with E-state index in [9.17, 15) is 14.4 Å². The Kier molecular flexibility index (Phi) is 6.68. The van der Waals surface area contributed by atoms with Crippen LogP contribution in [0, 0.1) is 0 Å². The number of carbonyl (C=O) groups excluding carboxylic acids is 3. The third kappa shape index (κ3) is 4.50. The van der Waals surface area contributed by atoms with E-state index in [2.05, 4.69) is 0 Å². The summed E-state index contributed by atoms with van der Waals surface area (Å²) in [7, 11) is 4.52. The van der Waals surface area contributed by atoms with Gasteiger partial charge >= 0.3 is 0 Å². The molecule has 1 aromatic carbocycles. The second kappa shape index (κ2) is 9.21. The second-order valence-corrected chi connectivity index (χ2v) is 7.65. The van der Waals surface area contributed by atoms with E-state index in [0.29, 0.717) is 35.9 Å². The average Bonchev–Trinajstić information content (AvgIpc) is 3.01. The van der Waals surface area contributed by atoms with Gasteiger partial charge in [-0.1, -0.05) is 0 Å². The summed E-state index contributed by atoms with van der Waals surface area (Å²) < 4.78 is 16.0. The first-order valence-corrected chi connectivity index (χ1v) is 10.1. The summed E-state index contributed by atoms with van der Waals surface area (Å²) in [5, 5.41) is -0.460. The van der Waals surface area contributed by atoms with Crippen LogP contribution in [0.15, 0.2) is 17.0 Å². The standard InChI is InChI=1S/C20H24N2O6S/c1-26-13-9-15(27-2)14(16(10-13)28-3)11-17-19(24)22(20(25)29-17)12-18(23)21-7-5-4-6-8-21/h9-11H,4-8,12H2,1-3H3. The molecule has 0 unspecified atom stereocenters. The Morgan fingerprint density at radius 2 is 1.66 bits per heavy atom. The molecule has 0 saturated carbocycles. The fraction of sp³-hybridized carbons (Fsp3) is 0.450. The number of imide groups is 1. The first-order valence-electron chi connectivity index (χ1n) is 9.31. The van der Waals surface area contributed by atoms with Crippen LogP contribution in [0.2, 0.25) is 0 Å². The van der Waals surface area contributed by atoms with Gasteiger partial charge in [0.25, 0.3) is 11.1 Å². The Hall–Kier alpha value is -2.68. The van der Waals surface area contributed by atoms with Gasteiger partial charge in [0.05, 0.1) is 31.8 Å². The minimum Gasteiger partial charge on any atom is -0.496 e. The maximum Gasteiger partial charge on any atom is 0.294 e. The summed E-state index contributed by atoms with van der Waals surface area (Å²) in [5.74, 6) is 0.726. The Morgan fingerprint density at radius 1 is 1.03 bits per heavy atom. The summed E-state index contributed by atoms with van der Waals surface area (Å²) in [6.07, 6.45) is 4.54. The van der Waals surface area contributed by atoms with E-state index in [1.54, 1.807) is 23.1 Å². The SMILES string of the molecule is COc1cc(OC)c(C=C2SC(=O)N(CC(=O)N3CCCCC3)C2=O)c(OC)c1. The molecule has 1 aromatic rings. The van der Waals surface area contributed by atoms with Crippen LogP contribution in [-0.4, -0.2) is 67.8 Å². The second-order valence-electron chi connectivity index (χ2n) is 6.65. The van der Waals surface area contributed by atoms with E-state index in [4.69, 9.17) is 14.2 Å². The van der Waals surface area contributed by atoms with E-state index in [1.165, 1.54) is 21.3 Å². The molecule has 0 atom stereocenters. The van der Waals surface area contributed by atoms with Crippen LogP contribution in [0.25, 0.3) is 6.08 Å². The summed E-state index contributed by atoms with van der Waals surface area (Å²) in [5.41, 5.74) is 0.517. The van der Waals surface area contributed by atoms with Gasteiger partial charge in [-0.25, -0.2) is 0 Å². The average molecular weight is 420 g/mol. The molecule has 2 fully saturated rings. The van der Waals surface area contributed by atoms with Crippen molar-refractivity contribution in [1.29, 1.82) is 0 Å². The molecule has 0 bridgehead atoms. The predicted octanol–water partition coefficient (Wildman–Crippen LogP) is 2.76. The van der Waals surface area contributed by atoms with E-state index >= 15 is 0 Å². The number of hydrogen-bond donors (Lipinski definition) is 0. The first-order chi connectivity index (χ1) is 14.0. The zero-order valence-electron chi connectivity index (χ0n) is 16.7. The van der Waals surface area contributed by atoms with E-state index < -0.39 is 11.1 Å². The molecule has 0 spiro atoms. The lowest BCUT2D eigenvalue weighted by molar-refractivity contribution is -0.136. The molecule has 0 aromatic heterocycles. The lowest BCUT2D eigenvalue weighted by Crippen LogP contribution is -2.44. The molecule has 3 rings (SSSR count). The molecular formula is C20H24N2O6S. The van der Waals surface area contributed by atoms with Crippen LogP contribution >= 0.6 is 11.8 Å². The highest BCUT2D eigenvalue weighted by molar-refractivity contribution is 8.18. The van der Waals surface area contributed by atoms with Crippen molar-refractivity contribution in [3.63, 3.8) is 0 Å². The monoisotopic (exact) mass is 420 g/mol. The third-order valence-corrected chi connectivity index (χ3v) is 5.81. The lowest BCUT2D eigenvalue weighted by Gasteiger charge is -2.27. The molecule has 0 radical (unpaired) electrons. The minimum absolute atomic E-state index is 0.201. The normalized spacial score (nSPS) is 18.4. The Labute approximate surface area is 173 Å². The Morgan fingerprint density at radius 3 is 2.21 bits per heavy atom. The number of carbonyl (C=O) groups is 3. The van der Waals surface area contributed by atoms with Gasteiger partial charge in [-0.05, 0) is 37.1 Å². The highest BCUT2D eigenvalue weighted by atomic mass is 32.2. The number of nitrogens with zero attached hydrogens (tertiary/aromatic N) is 2. The van der Waals surface area contributed by atoms with Crippen LogP contribution in [0.4, 0.5) is 4.79 Å². The fourth-order valence-electron chi connectivity index (χ4n) is 3.32. The number of hydrogen-bond acceptors (Lipinski definition) is 7. The fourth-order valence-corrected chi connectivity index (χ4v) is 4.14. The highest BCUT2D eigenvalue weighted by Gasteiger charge is 2.37. The topological polar surface area (TPSA) is 85.4 Å². The number of rotatable bonds is 6. The van der Waals surface area contributed by atoms with Crippen molar-refractivity contribution in [1.82, 2.24) is 9.80 Å². The van der Waals surface area contributed by atoms with Crippen molar-refractivity contribution < 1.29 is 28.6 Å². The van der Waals surface area contributed by atoms with E-state index in [-0.39, 0.29) is 17.4 Å². The molecule has 0 N–H and O–H groups in total. The van der Waals surface area contributed by atoms with Crippen LogP contribution < -0.4 is 14.2 Å². The molecule has 8 nitrogen and oxygen atoms in total. The van der Waals surface area contributed by atoms with Crippen molar-refractivity contribution >= 4 is 34.9 Å². The van der Waals surface area contributed by atoms with Gasteiger partial charge in [0.1, 0.15) is 23.8 Å². The molecule has 156 valence electrons. The van der Waals surface area contributed by atoms with Gasteiger partial charge < -0.3 is 19.1 Å². The van der Waals surface area contributed by atoms with Crippen molar-refractivity contribution in [2.75, 3.05) is 41.0 Å². The number of likely N-dealkylation sites (tertiary alicyclic amines) is 1. The smallest absolute Gasteiger partial charge is 0.294 e. The van der Waals surface area contributed by atoms with Gasteiger partial charge in [-0.2, -0.15) is 0 Å². The Bertz CT molecular complexity index is 822. The summed E-state index contributed by atoms with van der Waals surface area (Å²) in [6.45, 7) is 1.11. The number of ether oxygens (including phenoxy) is 3. The molecule has 2 aliphatic rings. The highest BCUT2D eigenvalue weighted by Crippen LogP contribution is 2.39. The lowest BCUT2D eigenvalue weighted by atomic mass is 10.1. The number of methoxy groups -OCH3 is 3. The van der Waals surface area contributed by atoms with Crippen LogP contribution in [0.3, 0.4) is 0 Å². The number of piperidine rings is 1. The molecule has 3 amide bonds. The summed E-state index contributed by atoms with van der Waals surface area (Å²) >= 11 is 0.799. The summed E-state index contributed by atoms with van der Waals surface area (Å²) in [4.78, 5) is 40.6. The third-order valence-electron chi connectivity index (χ3n) is 4.90. The van der Waals surface area contributed by atoms with Crippen LogP contribution in [0.5, 0.6) is 17.2 Å². The largest absolute Gasteiger partial charge is 0.496 e. The zero-order valence-corrected chi connectivity index (χ0v) is 17.5. The van der Waals surface area contributed by atoms with E-state index in [1.807, 2.05) is 0 Å². The first kappa shape index (κ1) is 21.0. The van der Waals surface area contributed by atoms with Crippen LogP contribution in [-0.2, 0) is 9.59 Å². The van der Waals surface area contributed by atoms with Gasteiger partial charge in [-0.15, -0.1) is 0 Å². The minimum atomic E-state index is -0.495. The summed E-state index contributed by atoms with van der Waals surface area (Å²) in [6, 6.07) is 3.33. The predicted molar refractivity (Wildman–Crippen MR) is 109 cm³/mol. The van der Waals surface area contributed by atoms with Crippen molar-refractivity contribution in [3.8, 4) is 17.2 Å². The molecule has 29 heavy (non-hydrogen) atoms. The van der Waals surface area contributed by atoms with Gasteiger partial charge in [0.2, 0.25) is 5.91 Å². The van der Waals surface area contributed by atoms with Crippen molar-refractivity contribution in [2.24, 2.45) is 0 Å². The van der Waals surface area contributed by atoms with Crippen LogP contribution in [0.1, 0.15) is 24.8 Å². The maximum atomic E-state index is 12.8. The molecular weight excluding hydrogens is 396 g/mol. The number of amides is 3. The van der Waals surface area contributed by atoms with Crippen molar-refractivity contribution in [3.05, 3.63) is 22.6 Å². The molecule has 2 aliphatic heterocycles. The number of thioether (sulfide) groups is 1. The molecule has 0 aliphatic carbocycles.